The topological polar surface area (TPSA) is 37.3 Å². The molecule has 0 aromatic heterocycles. The minimum atomic E-state index is -2.88. The third-order valence-electron chi connectivity index (χ3n) is 2.69. The van der Waals surface area contributed by atoms with E-state index < -0.39 is 11.9 Å². The molecule has 1 aromatic carbocycles. The summed E-state index contributed by atoms with van der Waals surface area (Å²) in [5, 5.41) is 8.71. The fourth-order valence-electron chi connectivity index (χ4n) is 1.90. The number of carboxylic acids is 1. The van der Waals surface area contributed by atoms with Crippen molar-refractivity contribution in [2.45, 2.75) is 25.2 Å². The van der Waals surface area contributed by atoms with Gasteiger partial charge in [0.2, 0.25) is 0 Å². The van der Waals surface area contributed by atoms with Gasteiger partial charge in [-0.3, -0.25) is 0 Å². The second-order valence-electron chi connectivity index (χ2n) is 3.74. The summed E-state index contributed by atoms with van der Waals surface area (Å²) < 4.78 is 26.9. The zero-order chi connectivity index (χ0) is 11.1. The van der Waals surface area contributed by atoms with Crippen molar-refractivity contribution in [3.8, 4) is 0 Å². The highest BCUT2D eigenvalue weighted by molar-refractivity contribution is 5.88. The lowest BCUT2D eigenvalue weighted by Crippen LogP contribution is -2.21. The molecule has 0 amide bonds. The number of benzene rings is 1. The number of hydrogen-bond donors (Lipinski definition) is 1. The van der Waals surface area contributed by atoms with Crippen molar-refractivity contribution < 1.29 is 18.7 Å². The summed E-state index contributed by atoms with van der Waals surface area (Å²) in [7, 11) is 0. The number of hydrogen-bond acceptors (Lipinski definition) is 1. The lowest BCUT2D eigenvalue weighted by Gasteiger charge is -2.25. The maximum atomic E-state index is 13.4. The van der Waals surface area contributed by atoms with Gasteiger partial charge in [0.25, 0.3) is 5.92 Å². The van der Waals surface area contributed by atoms with Crippen LogP contribution in [0.4, 0.5) is 8.78 Å². The highest BCUT2D eigenvalue weighted by atomic mass is 19.3. The Morgan fingerprint density at radius 2 is 2.13 bits per heavy atom. The molecule has 0 saturated heterocycles. The second kappa shape index (κ2) is 3.29. The minimum absolute atomic E-state index is 0.0738. The molecule has 0 spiro atoms. The molecule has 1 aliphatic carbocycles. The predicted octanol–water partition coefficient (Wildman–Crippen LogP) is 2.81. The third-order valence-corrected chi connectivity index (χ3v) is 2.69. The van der Waals surface area contributed by atoms with Crippen LogP contribution in [0.25, 0.3) is 0 Å². The van der Waals surface area contributed by atoms with Crippen LogP contribution in [-0.2, 0) is 12.3 Å². The molecule has 2 nitrogen and oxygen atoms in total. The van der Waals surface area contributed by atoms with E-state index in [2.05, 4.69) is 0 Å². The molecule has 0 fully saturated rings. The number of halogens is 2. The normalized spacial score (nSPS) is 18.3. The average molecular weight is 212 g/mol. The van der Waals surface area contributed by atoms with E-state index in [1.807, 2.05) is 0 Å². The van der Waals surface area contributed by atoms with Crippen molar-refractivity contribution >= 4 is 5.97 Å². The first kappa shape index (κ1) is 10.1. The van der Waals surface area contributed by atoms with Gasteiger partial charge < -0.3 is 5.11 Å². The largest absolute Gasteiger partial charge is 0.478 e. The van der Waals surface area contributed by atoms with Crippen LogP contribution in [-0.4, -0.2) is 11.1 Å². The van der Waals surface area contributed by atoms with Crippen molar-refractivity contribution in [1.82, 2.24) is 0 Å². The van der Waals surface area contributed by atoms with Crippen LogP contribution in [0.3, 0.4) is 0 Å². The van der Waals surface area contributed by atoms with Crippen LogP contribution in [0.5, 0.6) is 0 Å². The summed E-state index contributed by atoms with van der Waals surface area (Å²) in [6.45, 7) is 0. The average Bonchev–Trinajstić information content (AvgIpc) is 2.17. The molecule has 2 rings (SSSR count). The first-order valence-electron chi connectivity index (χ1n) is 4.75. The van der Waals surface area contributed by atoms with Crippen molar-refractivity contribution in [3.63, 3.8) is 0 Å². The quantitative estimate of drug-likeness (QED) is 0.777. The summed E-state index contributed by atoms with van der Waals surface area (Å²) in [6.07, 6.45) is 0.861. The summed E-state index contributed by atoms with van der Waals surface area (Å²) in [5.74, 6) is -4.04. The molecule has 0 aliphatic heterocycles. The van der Waals surface area contributed by atoms with Gasteiger partial charge in [0.05, 0.1) is 5.56 Å². The standard InChI is InChI=1S/C11H10F2O2/c12-11(13)5-1-2-7-3-4-8(10(14)15)6-9(7)11/h3-4,6H,1-2,5H2,(H,14,15). The summed E-state index contributed by atoms with van der Waals surface area (Å²) in [6, 6.07) is 3.96. The van der Waals surface area contributed by atoms with Gasteiger partial charge in [-0.2, -0.15) is 0 Å². The van der Waals surface area contributed by atoms with Crippen molar-refractivity contribution in [1.29, 1.82) is 0 Å². The van der Waals surface area contributed by atoms with Gasteiger partial charge in [-0.1, -0.05) is 6.07 Å². The second-order valence-corrected chi connectivity index (χ2v) is 3.74. The zero-order valence-corrected chi connectivity index (χ0v) is 7.96. The molecule has 0 saturated carbocycles. The fraction of sp³-hybridized carbons (Fsp3) is 0.364. The van der Waals surface area contributed by atoms with E-state index in [9.17, 15) is 13.6 Å². The van der Waals surface area contributed by atoms with E-state index in [1.165, 1.54) is 12.1 Å². The maximum Gasteiger partial charge on any atom is 0.335 e. The van der Waals surface area contributed by atoms with Crippen molar-refractivity contribution in [2.24, 2.45) is 0 Å². The Labute approximate surface area is 85.5 Å². The van der Waals surface area contributed by atoms with Crippen molar-refractivity contribution in [2.75, 3.05) is 0 Å². The van der Waals surface area contributed by atoms with E-state index >= 15 is 0 Å². The summed E-state index contributed by atoms with van der Waals surface area (Å²) in [4.78, 5) is 10.7. The number of aryl methyl sites for hydroxylation is 1. The van der Waals surface area contributed by atoms with E-state index in [1.54, 1.807) is 0 Å². The molecule has 0 unspecified atom stereocenters. The first-order chi connectivity index (χ1) is 7.00. The monoisotopic (exact) mass is 212 g/mol. The molecule has 80 valence electrons. The SMILES string of the molecule is O=C(O)c1ccc2c(c1)C(F)(F)CCC2. The number of aromatic carboxylic acids is 1. The Balaban J connectivity index is 2.53. The van der Waals surface area contributed by atoms with Gasteiger partial charge in [0.1, 0.15) is 0 Å². The molecule has 0 heterocycles. The van der Waals surface area contributed by atoms with Crippen LogP contribution in [0.15, 0.2) is 18.2 Å². The molecule has 15 heavy (non-hydrogen) atoms. The van der Waals surface area contributed by atoms with Gasteiger partial charge >= 0.3 is 5.97 Å². The van der Waals surface area contributed by atoms with E-state index in [-0.39, 0.29) is 17.5 Å². The highest BCUT2D eigenvalue weighted by Gasteiger charge is 2.36. The lowest BCUT2D eigenvalue weighted by molar-refractivity contribution is -0.0217. The maximum absolute atomic E-state index is 13.4. The van der Waals surface area contributed by atoms with Crippen LogP contribution >= 0.6 is 0 Å². The predicted molar refractivity (Wildman–Crippen MR) is 50.2 cm³/mol. The van der Waals surface area contributed by atoms with Gasteiger partial charge in [0, 0.05) is 12.0 Å². The van der Waals surface area contributed by atoms with E-state index in [0.717, 1.165) is 6.07 Å². The Morgan fingerprint density at radius 3 is 2.80 bits per heavy atom. The Morgan fingerprint density at radius 1 is 1.40 bits per heavy atom. The molecule has 1 N–H and O–H groups in total. The molecule has 4 heteroatoms. The van der Waals surface area contributed by atoms with Gasteiger partial charge in [-0.15, -0.1) is 0 Å². The van der Waals surface area contributed by atoms with Crippen molar-refractivity contribution in [3.05, 3.63) is 34.9 Å². The molecule has 1 aromatic rings. The fourth-order valence-corrected chi connectivity index (χ4v) is 1.90. The number of rotatable bonds is 1. The Kier molecular flexibility index (Phi) is 2.21. The molecular weight excluding hydrogens is 202 g/mol. The smallest absolute Gasteiger partial charge is 0.335 e. The Hall–Kier alpha value is -1.45. The lowest BCUT2D eigenvalue weighted by atomic mass is 9.87. The van der Waals surface area contributed by atoms with E-state index in [4.69, 9.17) is 5.11 Å². The summed E-state index contributed by atoms with van der Waals surface area (Å²) >= 11 is 0. The molecular formula is C11H10F2O2. The minimum Gasteiger partial charge on any atom is -0.478 e. The van der Waals surface area contributed by atoms with Crippen LogP contribution in [0.1, 0.15) is 34.3 Å². The van der Waals surface area contributed by atoms with E-state index in [0.29, 0.717) is 18.4 Å². The zero-order valence-electron chi connectivity index (χ0n) is 7.96. The third kappa shape index (κ3) is 1.71. The van der Waals surface area contributed by atoms with Gasteiger partial charge in [-0.25, -0.2) is 13.6 Å². The summed E-state index contributed by atoms with van der Waals surface area (Å²) in [5.41, 5.74) is 0.375. The number of carbonyl (C=O) groups is 1. The van der Waals surface area contributed by atoms with Gasteiger partial charge in [-0.05, 0) is 30.5 Å². The number of carboxylic acid groups (broad SMARTS) is 1. The Bertz CT molecular complexity index is 413. The molecule has 0 bridgehead atoms. The van der Waals surface area contributed by atoms with Crippen LogP contribution in [0.2, 0.25) is 0 Å². The highest BCUT2D eigenvalue weighted by Crippen LogP contribution is 2.40. The first-order valence-corrected chi connectivity index (χ1v) is 4.75. The molecule has 1 aliphatic rings. The molecule has 0 atom stereocenters. The van der Waals surface area contributed by atoms with Gasteiger partial charge in [0.15, 0.2) is 0 Å². The number of fused-ring (bicyclic) bond motifs is 1. The number of alkyl halides is 2. The van der Waals surface area contributed by atoms with Crippen LogP contribution in [0, 0.1) is 0 Å². The van der Waals surface area contributed by atoms with Crippen LogP contribution < -0.4 is 0 Å². The molecule has 0 radical (unpaired) electrons.